The first-order chi connectivity index (χ1) is 10.6. The molecular weight excluding hydrogens is 281 g/mol. The molecule has 4 heteroatoms. The van der Waals surface area contributed by atoms with Gasteiger partial charge < -0.3 is 10.0 Å². The summed E-state index contributed by atoms with van der Waals surface area (Å²) >= 11 is 0. The monoisotopic (exact) mass is 305 g/mol. The van der Waals surface area contributed by atoms with Crippen LogP contribution in [-0.4, -0.2) is 34.1 Å². The predicted molar refractivity (Wildman–Crippen MR) is 82.9 cm³/mol. The summed E-state index contributed by atoms with van der Waals surface area (Å²) in [5.41, 5.74) is 0.146. The molecule has 1 aliphatic heterocycles. The van der Waals surface area contributed by atoms with Gasteiger partial charge in [-0.15, -0.1) is 0 Å². The van der Waals surface area contributed by atoms with Gasteiger partial charge in [-0.3, -0.25) is 4.79 Å². The van der Waals surface area contributed by atoms with Gasteiger partial charge in [-0.2, -0.15) is 0 Å². The lowest BCUT2D eigenvalue weighted by Gasteiger charge is -2.29. The van der Waals surface area contributed by atoms with E-state index in [-0.39, 0.29) is 24.2 Å². The lowest BCUT2D eigenvalue weighted by Crippen LogP contribution is -2.41. The summed E-state index contributed by atoms with van der Waals surface area (Å²) in [6.07, 6.45) is 6.38. The third-order valence-corrected chi connectivity index (χ3v) is 5.07. The molecule has 1 aliphatic carbocycles. The molecule has 3 rings (SSSR count). The van der Waals surface area contributed by atoms with E-state index in [1.54, 1.807) is 12.1 Å². The third-order valence-electron chi connectivity index (χ3n) is 5.07. The first kappa shape index (κ1) is 15.5. The molecule has 0 radical (unpaired) electrons. The van der Waals surface area contributed by atoms with E-state index in [0.717, 1.165) is 50.6 Å². The summed E-state index contributed by atoms with van der Waals surface area (Å²) in [4.78, 5) is 14.5. The van der Waals surface area contributed by atoms with Gasteiger partial charge >= 0.3 is 0 Å². The zero-order chi connectivity index (χ0) is 15.6. The van der Waals surface area contributed by atoms with Crippen LogP contribution in [0, 0.1) is 5.82 Å². The van der Waals surface area contributed by atoms with Gasteiger partial charge in [0.05, 0.1) is 12.0 Å². The average Bonchev–Trinajstić information content (AvgIpc) is 3.08. The molecule has 0 aromatic heterocycles. The van der Waals surface area contributed by atoms with E-state index in [1.807, 2.05) is 11.0 Å². The van der Waals surface area contributed by atoms with E-state index in [9.17, 15) is 14.3 Å². The van der Waals surface area contributed by atoms with Gasteiger partial charge in [-0.1, -0.05) is 25.0 Å². The van der Waals surface area contributed by atoms with Crippen molar-refractivity contribution in [2.75, 3.05) is 6.54 Å². The fourth-order valence-corrected chi connectivity index (χ4v) is 3.91. The highest BCUT2D eigenvalue weighted by molar-refractivity contribution is 5.78. The van der Waals surface area contributed by atoms with Gasteiger partial charge in [-0.25, -0.2) is 4.39 Å². The SMILES string of the molecule is O=C(CC1(O)CCCC1)N1CCCC1Cc1cccc(F)c1. The summed E-state index contributed by atoms with van der Waals surface area (Å²) in [5.74, 6) is -0.169. The summed E-state index contributed by atoms with van der Waals surface area (Å²) < 4.78 is 13.3. The number of amides is 1. The first-order valence-corrected chi connectivity index (χ1v) is 8.32. The predicted octanol–water partition coefficient (Wildman–Crippen LogP) is 3.05. The molecule has 1 unspecified atom stereocenters. The highest BCUT2D eigenvalue weighted by Gasteiger charge is 2.37. The molecule has 1 heterocycles. The molecular formula is C18H24FNO2. The molecule has 1 aromatic carbocycles. The minimum absolute atomic E-state index is 0.0586. The molecule has 1 atom stereocenters. The van der Waals surface area contributed by atoms with Crippen LogP contribution in [0.25, 0.3) is 0 Å². The maximum atomic E-state index is 13.3. The minimum atomic E-state index is -0.789. The van der Waals surface area contributed by atoms with Gasteiger partial charge in [0.25, 0.3) is 0 Å². The van der Waals surface area contributed by atoms with E-state index in [2.05, 4.69) is 0 Å². The summed E-state index contributed by atoms with van der Waals surface area (Å²) in [7, 11) is 0. The van der Waals surface area contributed by atoms with Crippen LogP contribution in [-0.2, 0) is 11.2 Å². The van der Waals surface area contributed by atoms with E-state index in [4.69, 9.17) is 0 Å². The van der Waals surface area contributed by atoms with E-state index in [0.29, 0.717) is 6.42 Å². The number of nitrogens with zero attached hydrogens (tertiary/aromatic N) is 1. The number of benzene rings is 1. The van der Waals surface area contributed by atoms with Crippen LogP contribution >= 0.6 is 0 Å². The standard InChI is InChI=1S/C18H24FNO2/c19-15-6-3-5-14(11-15)12-16-7-4-10-20(16)17(21)13-18(22)8-1-2-9-18/h3,5-6,11,16,22H,1-2,4,7-10,12-13H2. The number of aliphatic hydroxyl groups is 1. The van der Waals surface area contributed by atoms with Crippen LogP contribution in [0.3, 0.4) is 0 Å². The Morgan fingerprint density at radius 2 is 2.09 bits per heavy atom. The van der Waals surface area contributed by atoms with Crippen LogP contribution in [0.4, 0.5) is 4.39 Å². The molecule has 0 bridgehead atoms. The Labute approximate surface area is 131 Å². The van der Waals surface area contributed by atoms with Crippen molar-refractivity contribution in [2.24, 2.45) is 0 Å². The third kappa shape index (κ3) is 3.49. The van der Waals surface area contributed by atoms with Crippen molar-refractivity contribution < 1.29 is 14.3 Å². The van der Waals surface area contributed by atoms with Gasteiger partial charge in [0.2, 0.25) is 5.91 Å². The Hall–Kier alpha value is -1.42. The fourth-order valence-electron chi connectivity index (χ4n) is 3.91. The summed E-state index contributed by atoms with van der Waals surface area (Å²) in [5, 5.41) is 10.4. The molecule has 1 aromatic rings. The van der Waals surface area contributed by atoms with E-state index >= 15 is 0 Å². The second-order valence-corrected chi connectivity index (χ2v) is 6.83. The second-order valence-electron chi connectivity index (χ2n) is 6.83. The number of likely N-dealkylation sites (tertiary alicyclic amines) is 1. The maximum absolute atomic E-state index is 13.3. The molecule has 3 nitrogen and oxygen atoms in total. The maximum Gasteiger partial charge on any atom is 0.225 e. The van der Waals surface area contributed by atoms with Crippen LogP contribution in [0.5, 0.6) is 0 Å². The van der Waals surface area contributed by atoms with Crippen molar-refractivity contribution in [1.82, 2.24) is 4.90 Å². The number of carbonyl (C=O) groups excluding carboxylic acids is 1. The van der Waals surface area contributed by atoms with Crippen molar-refractivity contribution in [3.8, 4) is 0 Å². The lowest BCUT2D eigenvalue weighted by atomic mass is 9.96. The minimum Gasteiger partial charge on any atom is -0.389 e. The lowest BCUT2D eigenvalue weighted by molar-refractivity contribution is -0.137. The smallest absolute Gasteiger partial charge is 0.225 e. The van der Waals surface area contributed by atoms with Crippen molar-refractivity contribution in [3.63, 3.8) is 0 Å². The highest BCUT2D eigenvalue weighted by atomic mass is 19.1. The van der Waals surface area contributed by atoms with Gasteiger partial charge in [0, 0.05) is 12.6 Å². The number of rotatable bonds is 4. The van der Waals surface area contributed by atoms with Gasteiger partial charge in [0.1, 0.15) is 5.82 Å². The van der Waals surface area contributed by atoms with Crippen LogP contribution in [0.2, 0.25) is 0 Å². The van der Waals surface area contributed by atoms with Crippen LogP contribution in [0.1, 0.15) is 50.5 Å². The van der Waals surface area contributed by atoms with Crippen molar-refractivity contribution in [3.05, 3.63) is 35.6 Å². The topological polar surface area (TPSA) is 40.5 Å². The Bertz CT molecular complexity index is 540. The number of hydrogen-bond acceptors (Lipinski definition) is 2. The normalized spacial score (nSPS) is 23.9. The highest BCUT2D eigenvalue weighted by Crippen LogP contribution is 2.34. The summed E-state index contributed by atoms with van der Waals surface area (Å²) in [6.45, 7) is 0.759. The summed E-state index contributed by atoms with van der Waals surface area (Å²) in [6, 6.07) is 6.75. The van der Waals surface area contributed by atoms with E-state index in [1.165, 1.54) is 6.07 Å². The largest absolute Gasteiger partial charge is 0.389 e. The quantitative estimate of drug-likeness (QED) is 0.929. The van der Waals surface area contributed by atoms with Gasteiger partial charge in [-0.05, 0) is 49.8 Å². The molecule has 1 saturated heterocycles. The molecule has 120 valence electrons. The van der Waals surface area contributed by atoms with Gasteiger partial charge in [0.15, 0.2) is 0 Å². The number of carbonyl (C=O) groups is 1. The van der Waals surface area contributed by atoms with Crippen molar-refractivity contribution in [1.29, 1.82) is 0 Å². The van der Waals surface area contributed by atoms with Crippen LogP contribution in [0.15, 0.2) is 24.3 Å². The molecule has 22 heavy (non-hydrogen) atoms. The Morgan fingerprint density at radius 3 is 2.82 bits per heavy atom. The van der Waals surface area contributed by atoms with Crippen LogP contribution < -0.4 is 0 Å². The van der Waals surface area contributed by atoms with Crippen molar-refractivity contribution in [2.45, 2.75) is 63.0 Å². The molecule has 1 saturated carbocycles. The molecule has 2 aliphatic rings. The number of hydrogen-bond donors (Lipinski definition) is 1. The Morgan fingerprint density at radius 1 is 1.32 bits per heavy atom. The fraction of sp³-hybridized carbons (Fsp3) is 0.611. The second kappa shape index (κ2) is 6.37. The Kier molecular flexibility index (Phi) is 4.48. The molecule has 1 N–H and O–H groups in total. The average molecular weight is 305 g/mol. The molecule has 0 spiro atoms. The number of halogens is 1. The molecule has 2 fully saturated rings. The first-order valence-electron chi connectivity index (χ1n) is 8.32. The molecule has 1 amide bonds. The van der Waals surface area contributed by atoms with E-state index < -0.39 is 5.60 Å². The zero-order valence-corrected chi connectivity index (χ0v) is 12.9. The zero-order valence-electron chi connectivity index (χ0n) is 12.9. The Balaban J connectivity index is 1.63. The van der Waals surface area contributed by atoms with Crippen molar-refractivity contribution >= 4 is 5.91 Å².